The molecule has 2 aliphatic rings. The molecule has 0 saturated heterocycles. The second-order valence-electron chi connectivity index (χ2n) is 7.15. The molecule has 13 heteroatoms. The van der Waals surface area contributed by atoms with Crippen molar-refractivity contribution in [2.75, 3.05) is 25.2 Å². The molecule has 0 aromatic carbocycles. The lowest BCUT2D eigenvalue weighted by Crippen LogP contribution is -2.05. The monoisotopic (exact) mass is 499 g/mol. The molecule has 1 N–H and O–H groups in total. The summed E-state index contributed by atoms with van der Waals surface area (Å²) in [4.78, 5) is 45.5. The van der Waals surface area contributed by atoms with E-state index in [4.69, 9.17) is 18.9 Å². The number of oxazole rings is 2. The van der Waals surface area contributed by atoms with Gasteiger partial charge in [-0.3, -0.25) is 14.8 Å². The van der Waals surface area contributed by atoms with E-state index >= 15 is 0 Å². The molecule has 0 spiro atoms. The van der Waals surface area contributed by atoms with Crippen LogP contribution < -0.4 is 0 Å². The number of thioether (sulfide) groups is 2. The Balaban J connectivity index is 1.33. The smallest absolute Gasteiger partial charge is 0.360 e. The first-order chi connectivity index (χ1) is 16.6. The van der Waals surface area contributed by atoms with Gasteiger partial charge in [0.2, 0.25) is 17.6 Å². The number of carbonyl (C=O) groups is 2. The number of pyridine rings is 1. The van der Waals surface area contributed by atoms with Gasteiger partial charge in [-0.1, -0.05) is 6.07 Å². The number of hydrogen-bond donors (Lipinski definition) is 1. The summed E-state index contributed by atoms with van der Waals surface area (Å²) in [5, 5.41) is 10.4. The number of carbonyl (C=O) groups excluding carboxylic acids is 2. The van der Waals surface area contributed by atoms with E-state index in [1.807, 2.05) is 18.2 Å². The first-order valence-corrected chi connectivity index (χ1v) is 12.0. The summed E-state index contributed by atoms with van der Waals surface area (Å²) in [7, 11) is 1.28. The number of aliphatic hydroxyl groups excluding tert-OH is 1. The lowest BCUT2D eigenvalue weighted by atomic mass is 10.3. The van der Waals surface area contributed by atoms with Gasteiger partial charge in [0.1, 0.15) is 47.0 Å². The summed E-state index contributed by atoms with van der Waals surface area (Å²) >= 11 is 3.04. The van der Waals surface area contributed by atoms with Gasteiger partial charge in [-0.05, 0) is 12.1 Å². The first kappa shape index (κ1) is 22.5. The van der Waals surface area contributed by atoms with E-state index in [0.717, 1.165) is 10.1 Å². The average Bonchev–Trinajstić information content (AvgIpc) is 3.68. The van der Waals surface area contributed by atoms with Crippen molar-refractivity contribution in [2.45, 2.75) is 12.1 Å². The van der Waals surface area contributed by atoms with Crippen LogP contribution in [-0.4, -0.2) is 67.1 Å². The van der Waals surface area contributed by atoms with E-state index in [2.05, 4.69) is 24.7 Å². The number of rotatable bonds is 7. The zero-order valence-corrected chi connectivity index (χ0v) is 19.3. The number of aromatic nitrogens is 3. The molecule has 5 rings (SSSR count). The Morgan fingerprint density at radius 1 is 0.971 bits per heavy atom. The van der Waals surface area contributed by atoms with E-state index in [1.165, 1.54) is 43.2 Å². The summed E-state index contributed by atoms with van der Waals surface area (Å²) in [5.41, 5.74) is 1.58. The van der Waals surface area contributed by atoms with Gasteiger partial charge in [-0.25, -0.2) is 19.7 Å². The molecular weight excluding hydrogens is 482 g/mol. The molecule has 0 bridgehead atoms. The largest absolute Gasteiger partial charge is 0.464 e. The van der Waals surface area contributed by atoms with Gasteiger partial charge in [0.15, 0.2) is 5.69 Å². The number of aliphatic hydroxyl groups is 1. The van der Waals surface area contributed by atoms with Crippen LogP contribution in [0.4, 0.5) is 0 Å². The Morgan fingerprint density at radius 2 is 1.53 bits per heavy atom. The minimum atomic E-state index is -0.623. The maximum atomic E-state index is 11.6. The van der Waals surface area contributed by atoms with E-state index in [-0.39, 0.29) is 23.5 Å². The van der Waals surface area contributed by atoms with E-state index in [1.54, 1.807) is 0 Å². The van der Waals surface area contributed by atoms with Crippen LogP contribution in [-0.2, 0) is 4.74 Å². The second kappa shape index (κ2) is 9.52. The van der Waals surface area contributed by atoms with Gasteiger partial charge in [-0.2, -0.15) is 0 Å². The molecule has 3 aromatic rings. The number of nitrogens with zero attached hydrogens (tertiary/aromatic N) is 5. The highest BCUT2D eigenvalue weighted by molar-refractivity contribution is 8.15. The molecule has 0 fully saturated rings. The average molecular weight is 500 g/mol. The normalized spacial score (nSPS) is 19.7. The number of methoxy groups -OCH3 is 1. The molecule has 174 valence electrons. The summed E-state index contributed by atoms with van der Waals surface area (Å²) in [5.74, 6) is 0.818. The molecule has 2 unspecified atom stereocenters. The van der Waals surface area contributed by atoms with Gasteiger partial charge in [0.25, 0.3) is 0 Å². The van der Waals surface area contributed by atoms with Crippen LogP contribution in [0.3, 0.4) is 0 Å². The number of hydrogen-bond acceptors (Lipinski definition) is 13. The van der Waals surface area contributed by atoms with Crippen molar-refractivity contribution >= 4 is 45.4 Å². The molecule has 0 radical (unpaired) electrons. The molecule has 0 amide bonds. The Morgan fingerprint density at radius 3 is 2.09 bits per heavy atom. The predicted molar refractivity (Wildman–Crippen MR) is 123 cm³/mol. The number of ketones is 1. The Hall–Kier alpha value is -3.29. The van der Waals surface area contributed by atoms with Crippen molar-refractivity contribution in [3.63, 3.8) is 0 Å². The standard InChI is InChI=1S/C21H17N5O6S2/c1-30-21(29)13-7-32-18(24-13)15-9-34-20(26-15)11-4-2-3-10(22-11)19-25-14(8-33-19)17-23-12(6-31-17)16(28)5-27/h2-4,6-7,14-15,27H,5,8-9H2,1H3. The third kappa shape index (κ3) is 4.41. The molecule has 2 atom stereocenters. The maximum absolute atomic E-state index is 11.6. The molecule has 11 nitrogen and oxygen atoms in total. The van der Waals surface area contributed by atoms with Crippen LogP contribution in [0.2, 0.25) is 0 Å². The Kier molecular flexibility index (Phi) is 6.30. The second-order valence-corrected chi connectivity index (χ2v) is 9.16. The van der Waals surface area contributed by atoms with Crippen molar-refractivity contribution in [3.05, 3.63) is 65.3 Å². The van der Waals surface area contributed by atoms with Crippen molar-refractivity contribution in [2.24, 2.45) is 9.98 Å². The molecule has 3 aromatic heterocycles. The van der Waals surface area contributed by atoms with Crippen molar-refractivity contribution in [3.8, 4) is 0 Å². The van der Waals surface area contributed by atoms with Crippen LogP contribution in [0, 0.1) is 0 Å². The molecule has 0 aliphatic carbocycles. The van der Waals surface area contributed by atoms with Gasteiger partial charge < -0.3 is 18.7 Å². The van der Waals surface area contributed by atoms with Crippen LogP contribution in [0.25, 0.3) is 0 Å². The van der Waals surface area contributed by atoms with Crippen LogP contribution >= 0.6 is 23.5 Å². The zero-order chi connectivity index (χ0) is 23.7. The van der Waals surface area contributed by atoms with Crippen molar-refractivity contribution in [1.29, 1.82) is 0 Å². The Labute approximate surface area is 201 Å². The van der Waals surface area contributed by atoms with Crippen LogP contribution in [0.1, 0.15) is 56.2 Å². The number of esters is 1. The van der Waals surface area contributed by atoms with Crippen LogP contribution in [0.5, 0.6) is 0 Å². The van der Waals surface area contributed by atoms with Crippen LogP contribution in [0.15, 0.2) is 49.5 Å². The fourth-order valence-corrected chi connectivity index (χ4v) is 5.24. The van der Waals surface area contributed by atoms with Gasteiger partial charge in [0, 0.05) is 11.5 Å². The summed E-state index contributed by atoms with van der Waals surface area (Å²) < 4.78 is 15.5. The number of Topliss-reactive ketones (excluding diaryl/α,β-unsaturated/α-hetero) is 1. The Bertz CT molecular complexity index is 1220. The highest BCUT2D eigenvalue weighted by Gasteiger charge is 2.29. The molecule has 0 saturated carbocycles. The summed E-state index contributed by atoms with van der Waals surface area (Å²) in [6, 6.07) is 4.94. The van der Waals surface area contributed by atoms with E-state index < -0.39 is 18.4 Å². The molecular formula is C21H17N5O6S2. The number of aliphatic imine (C=N–C) groups is 2. The minimum absolute atomic E-state index is 0.0850. The van der Waals surface area contributed by atoms with Gasteiger partial charge >= 0.3 is 5.97 Å². The summed E-state index contributed by atoms with van der Waals surface area (Å²) in [6.45, 7) is -0.623. The number of ether oxygens (including phenoxy) is 1. The lowest BCUT2D eigenvalue weighted by Gasteiger charge is -2.03. The highest BCUT2D eigenvalue weighted by Crippen LogP contribution is 2.34. The predicted octanol–water partition coefficient (Wildman–Crippen LogP) is 2.49. The van der Waals surface area contributed by atoms with Gasteiger partial charge in [-0.15, -0.1) is 23.5 Å². The van der Waals surface area contributed by atoms with E-state index in [9.17, 15) is 9.59 Å². The third-order valence-corrected chi connectivity index (χ3v) is 7.07. The topological polar surface area (TPSA) is 153 Å². The molecule has 5 heterocycles. The SMILES string of the molecule is COC(=O)c1coc(C2CSC(c3cccc(C4=NC(c5nc(C(=O)CO)co5)CS4)n3)=N2)n1. The zero-order valence-electron chi connectivity index (χ0n) is 17.7. The fraction of sp³-hybridized carbons (Fsp3) is 0.286. The molecule has 2 aliphatic heterocycles. The third-order valence-electron chi connectivity index (χ3n) is 4.93. The minimum Gasteiger partial charge on any atom is -0.464 e. The van der Waals surface area contributed by atoms with E-state index in [0.29, 0.717) is 34.7 Å². The first-order valence-electron chi connectivity index (χ1n) is 10.1. The molecule has 34 heavy (non-hydrogen) atoms. The summed E-state index contributed by atoms with van der Waals surface area (Å²) in [6.07, 6.45) is 2.50. The highest BCUT2D eigenvalue weighted by atomic mass is 32.2. The van der Waals surface area contributed by atoms with Gasteiger partial charge in [0.05, 0.1) is 18.5 Å². The van der Waals surface area contributed by atoms with Crippen molar-refractivity contribution < 1.29 is 28.3 Å². The fourth-order valence-electron chi connectivity index (χ4n) is 3.24. The van der Waals surface area contributed by atoms with Crippen molar-refractivity contribution in [1.82, 2.24) is 15.0 Å². The quantitative estimate of drug-likeness (QED) is 0.377. The lowest BCUT2D eigenvalue weighted by molar-refractivity contribution is 0.0593. The maximum Gasteiger partial charge on any atom is 0.360 e.